The van der Waals surface area contributed by atoms with E-state index in [9.17, 15) is 9.36 Å². The van der Waals surface area contributed by atoms with E-state index in [0.717, 1.165) is 0 Å². The number of benzene rings is 1. The van der Waals surface area contributed by atoms with Crippen molar-refractivity contribution >= 4 is 29.1 Å². The second-order valence-corrected chi connectivity index (χ2v) is 6.48. The number of rotatable bonds is 8. The maximum absolute atomic E-state index is 12.5. The minimum Gasteiger partial charge on any atom is -0.494 e. The van der Waals surface area contributed by atoms with Crippen LogP contribution in [0, 0.1) is 0 Å². The molecule has 0 radical (unpaired) electrons. The molecular formula is C13H18BrO5P. The maximum Gasteiger partial charge on any atom is 0.401 e. The summed E-state index contributed by atoms with van der Waals surface area (Å²) in [6, 6.07) is 4.91. The van der Waals surface area contributed by atoms with E-state index in [4.69, 9.17) is 13.8 Å². The highest BCUT2D eigenvalue weighted by Gasteiger charge is 2.36. The lowest BCUT2D eigenvalue weighted by Crippen LogP contribution is -2.08. The van der Waals surface area contributed by atoms with Crippen molar-refractivity contribution in [1.82, 2.24) is 0 Å². The lowest BCUT2D eigenvalue weighted by Gasteiger charge is -2.16. The molecule has 0 bridgehead atoms. The van der Waals surface area contributed by atoms with Crippen molar-refractivity contribution in [3.05, 3.63) is 28.2 Å². The molecule has 0 saturated heterocycles. The number of carbonyl (C=O) groups is 1. The van der Waals surface area contributed by atoms with Gasteiger partial charge in [-0.2, -0.15) is 0 Å². The van der Waals surface area contributed by atoms with Crippen molar-refractivity contribution in [3.8, 4) is 5.75 Å². The van der Waals surface area contributed by atoms with Crippen LogP contribution in [0.5, 0.6) is 5.75 Å². The van der Waals surface area contributed by atoms with Crippen LogP contribution in [0.3, 0.4) is 0 Å². The van der Waals surface area contributed by atoms with Gasteiger partial charge in [-0.05, 0) is 39.0 Å². The molecule has 0 saturated carbocycles. The van der Waals surface area contributed by atoms with Crippen molar-refractivity contribution < 1.29 is 23.1 Å². The van der Waals surface area contributed by atoms with Gasteiger partial charge in [0.05, 0.1) is 19.8 Å². The van der Waals surface area contributed by atoms with Crippen LogP contribution >= 0.6 is 23.5 Å². The Morgan fingerprint density at radius 2 is 1.75 bits per heavy atom. The first-order valence-corrected chi connectivity index (χ1v) is 8.68. The van der Waals surface area contributed by atoms with E-state index in [-0.39, 0.29) is 18.8 Å². The summed E-state index contributed by atoms with van der Waals surface area (Å²) in [5.41, 5.74) is -0.448. The van der Waals surface area contributed by atoms with Gasteiger partial charge in [0.15, 0.2) is 0 Å². The van der Waals surface area contributed by atoms with E-state index in [1.165, 1.54) is 6.07 Å². The molecule has 0 aromatic heterocycles. The molecule has 0 atom stereocenters. The molecule has 20 heavy (non-hydrogen) atoms. The van der Waals surface area contributed by atoms with Gasteiger partial charge in [-0.15, -0.1) is 0 Å². The molecule has 0 unspecified atom stereocenters. The van der Waals surface area contributed by atoms with Crippen LogP contribution in [0.15, 0.2) is 22.7 Å². The van der Waals surface area contributed by atoms with Gasteiger partial charge < -0.3 is 13.8 Å². The molecular weight excluding hydrogens is 347 g/mol. The van der Waals surface area contributed by atoms with Gasteiger partial charge in [0.1, 0.15) is 5.75 Å². The number of hydrogen-bond donors (Lipinski definition) is 0. The average Bonchev–Trinajstić information content (AvgIpc) is 2.41. The van der Waals surface area contributed by atoms with Crippen LogP contribution in [0.4, 0.5) is 0 Å². The fourth-order valence-corrected chi connectivity index (χ4v) is 3.62. The first kappa shape index (κ1) is 17.4. The molecule has 0 fully saturated rings. The lowest BCUT2D eigenvalue weighted by atomic mass is 10.2. The predicted molar refractivity (Wildman–Crippen MR) is 80.5 cm³/mol. The SMILES string of the molecule is CCOc1ccc(Br)c(C(=O)P(=O)(OCC)OCC)c1. The molecule has 0 heterocycles. The molecule has 0 amide bonds. The quantitative estimate of drug-likeness (QED) is 0.645. The molecule has 7 heteroatoms. The Hall–Kier alpha value is -0.680. The van der Waals surface area contributed by atoms with Crippen molar-refractivity contribution in [2.45, 2.75) is 20.8 Å². The Bertz CT molecular complexity index is 507. The number of carbonyl (C=O) groups excluding carboxylic acids is 1. The van der Waals surface area contributed by atoms with Crippen molar-refractivity contribution in [2.24, 2.45) is 0 Å². The molecule has 0 N–H and O–H groups in total. The average molecular weight is 365 g/mol. The minimum atomic E-state index is -3.82. The predicted octanol–water partition coefficient (Wildman–Crippen LogP) is 4.25. The minimum absolute atomic E-state index is 0.131. The molecule has 0 aliphatic carbocycles. The fraction of sp³-hybridized carbons (Fsp3) is 0.462. The molecule has 5 nitrogen and oxygen atoms in total. The zero-order chi connectivity index (χ0) is 15.2. The number of ether oxygens (including phenoxy) is 1. The molecule has 0 spiro atoms. The monoisotopic (exact) mass is 364 g/mol. The molecule has 1 aromatic rings. The zero-order valence-corrected chi connectivity index (χ0v) is 14.2. The van der Waals surface area contributed by atoms with Crippen LogP contribution in [-0.2, 0) is 13.6 Å². The summed E-state index contributed by atoms with van der Waals surface area (Å²) in [5, 5.41) is 0. The Morgan fingerprint density at radius 1 is 1.15 bits per heavy atom. The first-order chi connectivity index (χ1) is 9.48. The Balaban J connectivity index is 3.17. The highest BCUT2D eigenvalue weighted by Crippen LogP contribution is 2.52. The third-order valence-electron chi connectivity index (χ3n) is 2.33. The van der Waals surface area contributed by atoms with Crippen molar-refractivity contribution in [2.75, 3.05) is 19.8 Å². The van der Waals surface area contributed by atoms with Crippen LogP contribution in [0.25, 0.3) is 0 Å². The largest absolute Gasteiger partial charge is 0.494 e. The molecule has 0 aliphatic rings. The smallest absolute Gasteiger partial charge is 0.401 e. The Morgan fingerprint density at radius 3 is 2.25 bits per heavy atom. The highest BCUT2D eigenvalue weighted by molar-refractivity contribution is 9.10. The standard InChI is InChI=1S/C13H18BrO5P/c1-4-17-10-7-8-12(14)11(9-10)13(15)20(16,18-5-2)19-6-3/h7-9H,4-6H2,1-3H3. The van der Waals surface area contributed by atoms with Crippen molar-refractivity contribution in [3.63, 3.8) is 0 Å². The van der Waals surface area contributed by atoms with Crippen LogP contribution < -0.4 is 4.74 Å². The zero-order valence-electron chi connectivity index (χ0n) is 11.7. The molecule has 112 valence electrons. The van der Waals surface area contributed by atoms with Gasteiger partial charge in [0.2, 0.25) is 0 Å². The van der Waals surface area contributed by atoms with E-state index >= 15 is 0 Å². The van der Waals surface area contributed by atoms with Crippen LogP contribution in [-0.4, -0.2) is 25.3 Å². The van der Waals surface area contributed by atoms with Gasteiger partial charge in [-0.1, -0.05) is 15.9 Å². The van der Waals surface area contributed by atoms with Gasteiger partial charge in [-0.25, -0.2) is 0 Å². The summed E-state index contributed by atoms with van der Waals surface area (Å²) in [6.07, 6.45) is 0. The Labute approximate surface area is 127 Å². The first-order valence-electron chi connectivity index (χ1n) is 6.34. The second-order valence-electron chi connectivity index (χ2n) is 3.71. The fourth-order valence-electron chi connectivity index (χ4n) is 1.57. The summed E-state index contributed by atoms with van der Waals surface area (Å²) in [7, 11) is -3.82. The lowest BCUT2D eigenvalue weighted by molar-refractivity contribution is 0.1000. The number of halogens is 1. The number of hydrogen-bond acceptors (Lipinski definition) is 5. The summed E-state index contributed by atoms with van der Waals surface area (Å²) < 4.78 is 28.5. The van der Waals surface area contributed by atoms with Gasteiger partial charge >= 0.3 is 7.60 Å². The topological polar surface area (TPSA) is 61.8 Å². The van der Waals surface area contributed by atoms with Gasteiger partial charge in [-0.3, -0.25) is 9.36 Å². The van der Waals surface area contributed by atoms with Crippen molar-refractivity contribution in [1.29, 1.82) is 0 Å². The maximum atomic E-state index is 12.5. The van der Waals surface area contributed by atoms with Gasteiger partial charge in [0.25, 0.3) is 5.52 Å². The molecule has 0 aliphatic heterocycles. The summed E-state index contributed by atoms with van der Waals surface area (Å²) in [6.45, 7) is 5.89. The third-order valence-corrected chi connectivity index (χ3v) is 4.95. The molecule has 1 aromatic carbocycles. The van der Waals surface area contributed by atoms with E-state index < -0.39 is 13.1 Å². The van der Waals surface area contributed by atoms with Crippen LogP contribution in [0.2, 0.25) is 0 Å². The van der Waals surface area contributed by atoms with E-state index in [1.807, 2.05) is 6.92 Å². The van der Waals surface area contributed by atoms with Gasteiger partial charge in [0, 0.05) is 10.0 Å². The second kappa shape index (κ2) is 7.93. The third kappa shape index (κ3) is 4.16. The highest BCUT2D eigenvalue weighted by atomic mass is 79.9. The Kier molecular flexibility index (Phi) is 6.89. The van der Waals surface area contributed by atoms with Crippen LogP contribution in [0.1, 0.15) is 31.1 Å². The van der Waals surface area contributed by atoms with E-state index in [0.29, 0.717) is 16.8 Å². The van der Waals surface area contributed by atoms with E-state index in [1.54, 1.807) is 26.0 Å². The van der Waals surface area contributed by atoms with E-state index in [2.05, 4.69) is 15.9 Å². The normalized spacial score (nSPS) is 11.4. The summed E-state index contributed by atoms with van der Waals surface area (Å²) in [5.74, 6) is 0.526. The molecule has 1 rings (SSSR count). The summed E-state index contributed by atoms with van der Waals surface area (Å²) >= 11 is 3.27. The summed E-state index contributed by atoms with van der Waals surface area (Å²) in [4.78, 5) is 12.4.